The van der Waals surface area contributed by atoms with Crippen LogP contribution in [0, 0.1) is 0 Å². The summed E-state index contributed by atoms with van der Waals surface area (Å²) in [5.41, 5.74) is 2.01. The number of hydrogen-bond donors (Lipinski definition) is 1. The first-order valence-electron chi connectivity index (χ1n) is 5.11. The Labute approximate surface area is 97.6 Å². The molecule has 78 valence electrons. The highest BCUT2D eigenvalue weighted by molar-refractivity contribution is 7.17. The molecule has 0 aliphatic rings. The predicted molar refractivity (Wildman–Crippen MR) is 68.9 cm³/mol. The van der Waals surface area contributed by atoms with Crippen molar-refractivity contribution < 1.29 is 5.11 Å². The number of thiophene rings is 1. The van der Waals surface area contributed by atoms with E-state index in [0.717, 1.165) is 11.1 Å². The molecule has 1 heterocycles. The average molecular weight is 226 g/mol. The maximum absolute atomic E-state index is 9.85. The maximum Gasteiger partial charge on any atom is 0.123 e. The molecule has 0 radical (unpaired) electrons. The third-order valence-corrected chi connectivity index (χ3v) is 3.64. The maximum atomic E-state index is 9.85. The number of para-hydroxylation sites is 1. The van der Waals surface area contributed by atoms with E-state index in [1.807, 2.05) is 30.3 Å². The number of hydrogen-bond acceptors (Lipinski definition) is 2. The lowest BCUT2D eigenvalue weighted by Gasteiger charge is -2.02. The molecule has 0 atom stereocenters. The number of aromatic hydroxyl groups is 1. The molecule has 1 nitrogen and oxygen atoms in total. The number of rotatable bonds is 1. The first-order chi connectivity index (χ1) is 7.86. The monoisotopic (exact) mass is 226 g/mol. The zero-order valence-corrected chi connectivity index (χ0v) is 9.37. The molecule has 2 heteroatoms. The van der Waals surface area contributed by atoms with E-state index in [9.17, 15) is 5.11 Å². The van der Waals surface area contributed by atoms with Crippen molar-refractivity contribution in [2.24, 2.45) is 0 Å². The predicted octanol–water partition coefficient (Wildman–Crippen LogP) is 4.27. The normalized spacial score (nSPS) is 10.8. The molecular weight excluding hydrogens is 216 g/mol. The number of phenolic OH excluding ortho intramolecular Hbond substituents is 1. The van der Waals surface area contributed by atoms with Gasteiger partial charge in [-0.2, -0.15) is 0 Å². The van der Waals surface area contributed by atoms with Gasteiger partial charge in [-0.3, -0.25) is 0 Å². The molecule has 0 unspecified atom stereocenters. The van der Waals surface area contributed by atoms with Crippen molar-refractivity contribution in [1.29, 1.82) is 0 Å². The van der Waals surface area contributed by atoms with Gasteiger partial charge in [0, 0.05) is 21.2 Å². The number of benzene rings is 2. The Morgan fingerprint density at radius 2 is 1.56 bits per heavy atom. The minimum Gasteiger partial charge on any atom is -0.507 e. The van der Waals surface area contributed by atoms with E-state index in [1.54, 1.807) is 17.4 Å². The van der Waals surface area contributed by atoms with E-state index in [2.05, 4.69) is 17.5 Å². The molecule has 0 bridgehead atoms. The molecule has 0 fully saturated rings. The molecule has 1 aromatic heterocycles. The molecule has 0 aliphatic carbocycles. The Hall–Kier alpha value is -1.80. The fraction of sp³-hybridized carbons (Fsp3) is 0. The fourth-order valence-electron chi connectivity index (χ4n) is 1.89. The van der Waals surface area contributed by atoms with Crippen LogP contribution in [0.3, 0.4) is 0 Å². The Morgan fingerprint density at radius 3 is 2.44 bits per heavy atom. The van der Waals surface area contributed by atoms with Gasteiger partial charge < -0.3 is 5.11 Å². The fourth-order valence-corrected chi connectivity index (χ4v) is 2.85. The van der Waals surface area contributed by atoms with Crippen LogP contribution in [0.2, 0.25) is 0 Å². The minimum atomic E-state index is 0.339. The van der Waals surface area contributed by atoms with Gasteiger partial charge >= 0.3 is 0 Å². The topological polar surface area (TPSA) is 20.2 Å². The van der Waals surface area contributed by atoms with Gasteiger partial charge in [0.1, 0.15) is 5.75 Å². The van der Waals surface area contributed by atoms with E-state index in [0.29, 0.717) is 5.75 Å². The summed E-state index contributed by atoms with van der Waals surface area (Å²) in [5, 5.41) is 13.1. The van der Waals surface area contributed by atoms with Crippen molar-refractivity contribution in [2.45, 2.75) is 0 Å². The second-order valence-electron chi connectivity index (χ2n) is 3.66. The van der Waals surface area contributed by atoms with Crippen LogP contribution in [0.1, 0.15) is 0 Å². The van der Waals surface area contributed by atoms with Crippen LogP contribution in [-0.4, -0.2) is 5.11 Å². The molecule has 0 spiro atoms. The van der Waals surface area contributed by atoms with Crippen LogP contribution >= 0.6 is 11.3 Å². The van der Waals surface area contributed by atoms with Crippen LogP contribution in [-0.2, 0) is 0 Å². The van der Waals surface area contributed by atoms with E-state index in [-0.39, 0.29) is 0 Å². The lowest BCUT2D eigenvalue weighted by Crippen LogP contribution is -1.76. The standard InChI is InChI=1S/C14H10OS/c15-13-7-3-1-5-10(13)12-9-16-14-8-4-2-6-11(12)14/h1-9,15H. The van der Waals surface area contributed by atoms with E-state index in [1.165, 1.54) is 10.1 Å². The van der Waals surface area contributed by atoms with Crippen molar-refractivity contribution in [3.63, 3.8) is 0 Å². The van der Waals surface area contributed by atoms with Crippen molar-refractivity contribution in [2.75, 3.05) is 0 Å². The van der Waals surface area contributed by atoms with Gasteiger partial charge in [-0.1, -0.05) is 36.4 Å². The van der Waals surface area contributed by atoms with Crippen molar-refractivity contribution in [3.05, 3.63) is 53.9 Å². The molecular formula is C14H10OS. The SMILES string of the molecule is Oc1ccccc1-c1csc2ccccc12. The highest BCUT2D eigenvalue weighted by Crippen LogP contribution is 2.37. The Bertz CT molecular complexity index is 640. The Kier molecular flexibility index (Phi) is 2.15. The molecule has 0 amide bonds. The number of phenols is 1. The molecule has 16 heavy (non-hydrogen) atoms. The molecule has 0 saturated heterocycles. The number of fused-ring (bicyclic) bond motifs is 1. The summed E-state index contributed by atoms with van der Waals surface area (Å²) in [5.74, 6) is 0.339. The van der Waals surface area contributed by atoms with Gasteiger partial charge in [0.25, 0.3) is 0 Å². The summed E-state index contributed by atoms with van der Waals surface area (Å²) in [4.78, 5) is 0. The zero-order valence-electron chi connectivity index (χ0n) is 8.55. The lowest BCUT2D eigenvalue weighted by atomic mass is 10.0. The molecule has 3 aromatic rings. The van der Waals surface area contributed by atoms with Gasteiger partial charge in [0.05, 0.1) is 0 Å². The summed E-state index contributed by atoms with van der Waals surface area (Å²) in [6.45, 7) is 0. The first kappa shape index (κ1) is 9.43. The average Bonchev–Trinajstić information content (AvgIpc) is 2.74. The van der Waals surface area contributed by atoms with Gasteiger partial charge in [0.15, 0.2) is 0 Å². The van der Waals surface area contributed by atoms with Crippen molar-refractivity contribution in [1.82, 2.24) is 0 Å². The Morgan fingerprint density at radius 1 is 0.812 bits per heavy atom. The summed E-state index contributed by atoms with van der Waals surface area (Å²) in [6.07, 6.45) is 0. The summed E-state index contributed by atoms with van der Waals surface area (Å²) in [7, 11) is 0. The highest BCUT2D eigenvalue weighted by atomic mass is 32.1. The van der Waals surface area contributed by atoms with E-state index in [4.69, 9.17) is 0 Å². The summed E-state index contributed by atoms with van der Waals surface area (Å²) in [6, 6.07) is 15.7. The molecule has 2 aromatic carbocycles. The quantitative estimate of drug-likeness (QED) is 0.656. The summed E-state index contributed by atoms with van der Waals surface area (Å²) >= 11 is 1.71. The lowest BCUT2D eigenvalue weighted by molar-refractivity contribution is 0.477. The van der Waals surface area contributed by atoms with Crippen LogP contribution in [0.15, 0.2) is 53.9 Å². The van der Waals surface area contributed by atoms with Gasteiger partial charge in [0.2, 0.25) is 0 Å². The third kappa shape index (κ3) is 1.39. The van der Waals surface area contributed by atoms with Gasteiger partial charge in [-0.05, 0) is 17.5 Å². The summed E-state index contributed by atoms with van der Waals surface area (Å²) < 4.78 is 1.25. The smallest absolute Gasteiger partial charge is 0.123 e. The zero-order chi connectivity index (χ0) is 11.0. The second kappa shape index (κ2) is 3.65. The highest BCUT2D eigenvalue weighted by Gasteiger charge is 2.08. The van der Waals surface area contributed by atoms with E-state index >= 15 is 0 Å². The molecule has 3 rings (SSSR count). The molecule has 1 N–H and O–H groups in total. The van der Waals surface area contributed by atoms with Gasteiger partial charge in [-0.15, -0.1) is 11.3 Å². The molecule has 0 saturated carbocycles. The third-order valence-electron chi connectivity index (χ3n) is 2.68. The molecule has 0 aliphatic heterocycles. The van der Waals surface area contributed by atoms with Crippen molar-refractivity contribution >= 4 is 21.4 Å². The van der Waals surface area contributed by atoms with Crippen LogP contribution < -0.4 is 0 Å². The van der Waals surface area contributed by atoms with Crippen molar-refractivity contribution in [3.8, 4) is 16.9 Å². The first-order valence-corrected chi connectivity index (χ1v) is 5.99. The van der Waals surface area contributed by atoms with E-state index < -0.39 is 0 Å². The minimum absolute atomic E-state index is 0.339. The van der Waals surface area contributed by atoms with Gasteiger partial charge in [-0.25, -0.2) is 0 Å². The largest absolute Gasteiger partial charge is 0.507 e. The van der Waals surface area contributed by atoms with Crippen LogP contribution in [0.4, 0.5) is 0 Å². The van der Waals surface area contributed by atoms with Crippen LogP contribution in [0.5, 0.6) is 5.75 Å². The second-order valence-corrected chi connectivity index (χ2v) is 4.57. The van der Waals surface area contributed by atoms with Crippen LogP contribution in [0.25, 0.3) is 21.2 Å². The Balaban J connectivity index is 2.31.